The minimum absolute atomic E-state index is 0.183. The average molecular weight is 190 g/mol. The number of pyridine rings is 1. The predicted molar refractivity (Wildman–Crippen MR) is 53.7 cm³/mol. The lowest BCUT2D eigenvalue weighted by Crippen LogP contribution is -2.23. The summed E-state index contributed by atoms with van der Waals surface area (Å²) in [4.78, 5) is 17.4. The first-order valence-corrected chi connectivity index (χ1v) is 4.91. The first-order chi connectivity index (χ1) is 6.77. The molecule has 0 spiro atoms. The molecule has 0 bridgehead atoms. The highest BCUT2D eigenvalue weighted by atomic mass is 16.2. The fraction of sp³-hybridized carbons (Fsp3) is 0.455. The number of carbonyl (C=O) groups is 1. The van der Waals surface area contributed by atoms with Crippen LogP contribution in [0.4, 0.5) is 0 Å². The van der Waals surface area contributed by atoms with Gasteiger partial charge in [0, 0.05) is 31.9 Å². The summed E-state index contributed by atoms with van der Waals surface area (Å²) in [6.07, 6.45) is 5.39. The van der Waals surface area contributed by atoms with E-state index in [9.17, 15) is 4.79 Å². The van der Waals surface area contributed by atoms with Gasteiger partial charge in [0.25, 0.3) is 0 Å². The minimum Gasteiger partial charge on any atom is -0.345 e. The summed E-state index contributed by atoms with van der Waals surface area (Å²) in [6.45, 7) is 0.897. The molecule has 0 N–H and O–H groups in total. The highest BCUT2D eigenvalue weighted by molar-refractivity contribution is 5.80. The van der Waals surface area contributed by atoms with Crippen LogP contribution in [-0.2, 0) is 11.2 Å². The fourth-order valence-corrected chi connectivity index (χ4v) is 1.89. The van der Waals surface area contributed by atoms with Crippen molar-refractivity contribution in [3.05, 3.63) is 30.1 Å². The molecule has 1 saturated heterocycles. The van der Waals surface area contributed by atoms with Gasteiger partial charge >= 0.3 is 0 Å². The lowest BCUT2D eigenvalue weighted by atomic mass is 9.99. The van der Waals surface area contributed by atoms with Crippen LogP contribution in [0.5, 0.6) is 0 Å². The van der Waals surface area contributed by atoms with E-state index in [1.54, 1.807) is 12.4 Å². The third-order valence-corrected chi connectivity index (χ3v) is 2.77. The van der Waals surface area contributed by atoms with E-state index in [0.29, 0.717) is 0 Å². The second-order valence-corrected chi connectivity index (χ2v) is 3.80. The molecule has 1 aromatic heterocycles. The summed E-state index contributed by atoms with van der Waals surface area (Å²) in [7, 11) is 1.87. The van der Waals surface area contributed by atoms with Crippen LogP contribution in [-0.4, -0.2) is 29.4 Å². The third kappa shape index (κ3) is 1.76. The molecule has 2 heterocycles. The SMILES string of the molecule is CN1CCC(Cc2ccncc2)C1=O. The summed E-state index contributed by atoms with van der Waals surface area (Å²) in [6, 6.07) is 3.96. The largest absolute Gasteiger partial charge is 0.345 e. The summed E-state index contributed by atoms with van der Waals surface area (Å²) in [5.41, 5.74) is 1.20. The summed E-state index contributed by atoms with van der Waals surface area (Å²) < 4.78 is 0. The van der Waals surface area contributed by atoms with Gasteiger partial charge in [-0.15, -0.1) is 0 Å². The molecule has 1 aliphatic heterocycles. The van der Waals surface area contributed by atoms with Gasteiger partial charge in [-0.2, -0.15) is 0 Å². The molecule has 1 amide bonds. The second-order valence-electron chi connectivity index (χ2n) is 3.80. The molecule has 14 heavy (non-hydrogen) atoms. The van der Waals surface area contributed by atoms with Crippen LogP contribution in [0, 0.1) is 5.92 Å². The van der Waals surface area contributed by atoms with Gasteiger partial charge in [-0.1, -0.05) is 0 Å². The van der Waals surface area contributed by atoms with Crippen LogP contribution in [0.15, 0.2) is 24.5 Å². The summed E-state index contributed by atoms with van der Waals surface area (Å²) >= 11 is 0. The van der Waals surface area contributed by atoms with E-state index in [2.05, 4.69) is 4.98 Å². The van der Waals surface area contributed by atoms with Gasteiger partial charge in [-0.3, -0.25) is 9.78 Å². The Bertz CT molecular complexity index is 323. The minimum atomic E-state index is 0.183. The molecule has 0 aliphatic carbocycles. The number of rotatable bonds is 2. The molecule has 3 heteroatoms. The Kier molecular flexibility index (Phi) is 2.48. The first-order valence-electron chi connectivity index (χ1n) is 4.91. The maximum atomic E-state index is 11.6. The number of carbonyl (C=O) groups excluding carboxylic acids is 1. The number of likely N-dealkylation sites (tertiary alicyclic amines) is 1. The molecule has 0 saturated carbocycles. The van der Waals surface area contributed by atoms with Crippen LogP contribution in [0.3, 0.4) is 0 Å². The van der Waals surface area contributed by atoms with Crippen molar-refractivity contribution in [2.45, 2.75) is 12.8 Å². The molecule has 0 aromatic carbocycles. The van der Waals surface area contributed by atoms with E-state index >= 15 is 0 Å². The average Bonchev–Trinajstić information content (AvgIpc) is 2.52. The third-order valence-electron chi connectivity index (χ3n) is 2.77. The van der Waals surface area contributed by atoms with Gasteiger partial charge in [-0.05, 0) is 30.5 Å². The lowest BCUT2D eigenvalue weighted by Gasteiger charge is -2.09. The van der Waals surface area contributed by atoms with E-state index in [1.807, 2.05) is 24.1 Å². The van der Waals surface area contributed by atoms with Gasteiger partial charge < -0.3 is 4.90 Å². The van der Waals surface area contributed by atoms with E-state index in [0.717, 1.165) is 19.4 Å². The van der Waals surface area contributed by atoms with Crippen molar-refractivity contribution in [3.63, 3.8) is 0 Å². The van der Waals surface area contributed by atoms with Crippen molar-refractivity contribution in [1.82, 2.24) is 9.88 Å². The van der Waals surface area contributed by atoms with Crippen LogP contribution in [0.2, 0.25) is 0 Å². The predicted octanol–water partition coefficient (Wildman–Crippen LogP) is 1.10. The number of aromatic nitrogens is 1. The molecule has 1 aliphatic rings. The summed E-state index contributed by atoms with van der Waals surface area (Å²) in [5, 5.41) is 0. The molecule has 3 nitrogen and oxygen atoms in total. The van der Waals surface area contributed by atoms with Crippen molar-refractivity contribution in [1.29, 1.82) is 0 Å². The quantitative estimate of drug-likeness (QED) is 0.699. The Labute approximate surface area is 83.8 Å². The van der Waals surface area contributed by atoms with Crippen LogP contribution in [0.1, 0.15) is 12.0 Å². The van der Waals surface area contributed by atoms with Gasteiger partial charge in [0.15, 0.2) is 0 Å². The van der Waals surface area contributed by atoms with Gasteiger partial charge in [0.2, 0.25) is 5.91 Å². The Balaban J connectivity index is 2.02. The molecular weight excluding hydrogens is 176 g/mol. The van der Waals surface area contributed by atoms with Crippen molar-refractivity contribution in [3.8, 4) is 0 Å². The highest BCUT2D eigenvalue weighted by Gasteiger charge is 2.28. The van der Waals surface area contributed by atoms with Crippen molar-refractivity contribution >= 4 is 5.91 Å². The highest BCUT2D eigenvalue weighted by Crippen LogP contribution is 2.20. The smallest absolute Gasteiger partial charge is 0.225 e. The molecular formula is C11H14N2O. The van der Waals surface area contributed by atoms with E-state index in [-0.39, 0.29) is 11.8 Å². The molecule has 1 fully saturated rings. The number of nitrogens with zero attached hydrogens (tertiary/aromatic N) is 2. The maximum absolute atomic E-state index is 11.6. The lowest BCUT2D eigenvalue weighted by molar-refractivity contribution is -0.129. The topological polar surface area (TPSA) is 33.2 Å². The van der Waals surface area contributed by atoms with Crippen molar-refractivity contribution in [2.24, 2.45) is 5.92 Å². The van der Waals surface area contributed by atoms with Crippen LogP contribution in [0.25, 0.3) is 0 Å². The number of hydrogen-bond acceptors (Lipinski definition) is 2. The first kappa shape index (κ1) is 9.19. The van der Waals surface area contributed by atoms with Gasteiger partial charge in [0.05, 0.1) is 0 Å². The zero-order chi connectivity index (χ0) is 9.97. The molecule has 1 atom stereocenters. The Hall–Kier alpha value is -1.38. The molecule has 74 valence electrons. The second kappa shape index (κ2) is 3.78. The monoisotopic (exact) mass is 190 g/mol. The van der Waals surface area contributed by atoms with Crippen molar-refractivity contribution in [2.75, 3.05) is 13.6 Å². The normalized spacial score (nSPS) is 21.6. The molecule has 1 aromatic rings. The maximum Gasteiger partial charge on any atom is 0.225 e. The van der Waals surface area contributed by atoms with Crippen LogP contribution >= 0.6 is 0 Å². The fourth-order valence-electron chi connectivity index (χ4n) is 1.89. The van der Waals surface area contributed by atoms with E-state index in [4.69, 9.17) is 0 Å². The van der Waals surface area contributed by atoms with Gasteiger partial charge in [-0.25, -0.2) is 0 Å². The Morgan fingerprint density at radius 2 is 2.21 bits per heavy atom. The van der Waals surface area contributed by atoms with Crippen molar-refractivity contribution < 1.29 is 4.79 Å². The van der Waals surface area contributed by atoms with E-state index in [1.165, 1.54) is 5.56 Å². The number of amides is 1. The standard InChI is InChI=1S/C11H14N2O/c1-13-7-4-10(11(13)14)8-9-2-5-12-6-3-9/h2-3,5-6,10H,4,7-8H2,1H3. The summed E-state index contributed by atoms with van der Waals surface area (Å²) in [5.74, 6) is 0.462. The van der Waals surface area contributed by atoms with Gasteiger partial charge in [0.1, 0.15) is 0 Å². The molecule has 2 rings (SSSR count). The molecule has 0 radical (unpaired) electrons. The number of hydrogen-bond donors (Lipinski definition) is 0. The van der Waals surface area contributed by atoms with Crippen LogP contribution < -0.4 is 0 Å². The van der Waals surface area contributed by atoms with E-state index < -0.39 is 0 Å². The Morgan fingerprint density at radius 3 is 2.79 bits per heavy atom. The Morgan fingerprint density at radius 1 is 1.50 bits per heavy atom. The molecule has 1 unspecified atom stereocenters. The zero-order valence-electron chi connectivity index (χ0n) is 8.31. The zero-order valence-corrected chi connectivity index (χ0v) is 8.31.